The highest BCUT2D eigenvalue weighted by Gasteiger charge is 2.48. The van der Waals surface area contributed by atoms with Crippen LogP contribution in [-0.2, 0) is 11.2 Å². The molecule has 2 atom stereocenters. The summed E-state index contributed by atoms with van der Waals surface area (Å²) in [6, 6.07) is 11.5. The van der Waals surface area contributed by atoms with Crippen molar-refractivity contribution in [1.29, 1.82) is 0 Å². The van der Waals surface area contributed by atoms with Crippen LogP contribution in [0.3, 0.4) is 0 Å². The van der Waals surface area contributed by atoms with E-state index in [0.29, 0.717) is 40.7 Å². The zero-order valence-corrected chi connectivity index (χ0v) is 17.5. The Morgan fingerprint density at radius 1 is 1.16 bits per heavy atom. The van der Waals surface area contributed by atoms with Crippen molar-refractivity contribution in [1.82, 2.24) is 20.0 Å². The van der Waals surface area contributed by atoms with Crippen molar-refractivity contribution < 1.29 is 14.0 Å². The second-order valence-electron chi connectivity index (χ2n) is 8.35. The van der Waals surface area contributed by atoms with E-state index in [1.165, 1.54) is 17.0 Å². The fourth-order valence-electron chi connectivity index (χ4n) is 4.71. The number of aromatic amines is 1. The first-order valence-corrected chi connectivity index (χ1v) is 10.4. The highest BCUT2D eigenvalue weighted by atomic mass is 19.1. The number of hydrogen-bond acceptors (Lipinski definition) is 4. The zero-order chi connectivity index (χ0) is 22.6. The lowest BCUT2D eigenvalue weighted by Crippen LogP contribution is -2.34. The van der Waals surface area contributed by atoms with Crippen LogP contribution in [0.2, 0.25) is 0 Å². The summed E-state index contributed by atoms with van der Waals surface area (Å²) in [5.74, 6) is -1.56. The molecule has 7 nitrogen and oxygen atoms in total. The summed E-state index contributed by atoms with van der Waals surface area (Å²) in [5, 5.41) is 7.88. The minimum Gasteiger partial charge on any atom is -0.337 e. The van der Waals surface area contributed by atoms with E-state index >= 15 is 0 Å². The van der Waals surface area contributed by atoms with E-state index < -0.39 is 11.7 Å². The van der Waals surface area contributed by atoms with Gasteiger partial charge in [0.25, 0.3) is 11.5 Å². The third kappa shape index (κ3) is 3.10. The van der Waals surface area contributed by atoms with E-state index in [1.807, 2.05) is 12.1 Å². The maximum absolute atomic E-state index is 14.6. The molecule has 1 aromatic heterocycles. The van der Waals surface area contributed by atoms with Crippen molar-refractivity contribution in [2.24, 2.45) is 11.8 Å². The topological polar surface area (TPSA) is 86.4 Å². The molecule has 32 heavy (non-hydrogen) atoms. The Labute approximate surface area is 183 Å². The number of halogens is 1. The molecule has 0 spiro atoms. The molecule has 1 N–H and O–H groups in total. The zero-order valence-electron chi connectivity index (χ0n) is 17.5. The summed E-state index contributed by atoms with van der Waals surface area (Å²) < 4.78 is 14.6. The van der Waals surface area contributed by atoms with Crippen LogP contribution < -0.4 is 5.56 Å². The Morgan fingerprint density at radius 3 is 2.62 bits per heavy atom. The number of H-pyrrole nitrogens is 1. The Hall–Kier alpha value is -3.81. The van der Waals surface area contributed by atoms with Gasteiger partial charge in [-0.25, -0.2) is 9.49 Å². The highest BCUT2D eigenvalue weighted by Crippen LogP contribution is 2.38. The van der Waals surface area contributed by atoms with Crippen molar-refractivity contribution in [3.8, 4) is 0 Å². The van der Waals surface area contributed by atoms with E-state index in [-0.39, 0.29) is 35.4 Å². The van der Waals surface area contributed by atoms with Crippen LogP contribution in [0.5, 0.6) is 0 Å². The summed E-state index contributed by atoms with van der Waals surface area (Å²) >= 11 is 0. The van der Waals surface area contributed by atoms with Gasteiger partial charge in [0.2, 0.25) is 5.91 Å². The number of carbonyl (C=O) groups excluding carboxylic acids is 2. The van der Waals surface area contributed by atoms with E-state index in [2.05, 4.69) is 16.8 Å². The number of hydrogen-bond donors (Lipinski definition) is 1. The van der Waals surface area contributed by atoms with E-state index in [0.717, 1.165) is 0 Å². The first-order valence-electron chi connectivity index (χ1n) is 10.4. The molecule has 5 rings (SSSR count). The minimum atomic E-state index is -0.614. The second kappa shape index (κ2) is 7.40. The lowest BCUT2D eigenvalue weighted by molar-refractivity contribution is -0.129. The molecule has 2 aromatic carbocycles. The van der Waals surface area contributed by atoms with Gasteiger partial charge < -0.3 is 9.80 Å². The van der Waals surface area contributed by atoms with Gasteiger partial charge in [0.1, 0.15) is 5.82 Å². The number of nitrogens with one attached hydrogen (secondary N) is 1. The van der Waals surface area contributed by atoms with Gasteiger partial charge in [0.05, 0.1) is 22.6 Å². The first-order chi connectivity index (χ1) is 15.3. The van der Waals surface area contributed by atoms with Crippen LogP contribution in [0, 0.1) is 17.7 Å². The molecule has 2 aliphatic rings. The number of benzene rings is 2. The molecule has 0 radical (unpaired) electrons. The van der Waals surface area contributed by atoms with Crippen LogP contribution >= 0.6 is 0 Å². The summed E-state index contributed by atoms with van der Waals surface area (Å²) in [5.41, 5.74) is 1.70. The quantitative estimate of drug-likeness (QED) is 0.688. The van der Waals surface area contributed by atoms with E-state index in [9.17, 15) is 18.8 Å². The van der Waals surface area contributed by atoms with Gasteiger partial charge in [-0.2, -0.15) is 5.10 Å². The van der Waals surface area contributed by atoms with E-state index in [1.54, 1.807) is 30.1 Å². The van der Waals surface area contributed by atoms with Crippen molar-refractivity contribution >= 4 is 22.6 Å². The molecule has 2 fully saturated rings. The molecule has 0 saturated carbocycles. The molecular weight excluding hydrogens is 411 g/mol. The smallest absolute Gasteiger partial charge is 0.272 e. The monoisotopic (exact) mass is 432 g/mol. The Morgan fingerprint density at radius 2 is 1.88 bits per heavy atom. The summed E-state index contributed by atoms with van der Waals surface area (Å²) in [7, 11) is 1.69. The molecule has 3 heterocycles. The highest BCUT2D eigenvalue weighted by molar-refractivity contribution is 5.96. The maximum atomic E-state index is 14.6. The Balaban J connectivity index is 1.43. The predicted octanol–water partition coefficient (Wildman–Crippen LogP) is 2.33. The van der Waals surface area contributed by atoms with Crippen molar-refractivity contribution in [3.05, 3.63) is 87.7 Å². The van der Waals surface area contributed by atoms with Gasteiger partial charge in [0.15, 0.2) is 0 Å². The second-order valence-corrected chi connectivity index (χ2v) is 8.35. The normalized spacial score (nSPS) is 20.3. The van der Waals surface area contributed by atoms with E-state index in [4.69, 9.17) is 0 Å². The van der Waals surface area contributed by atoms with Gasteiger partial charge >= 0.3 is 0 Å². The molecule has 0 bridgehead atoms. The standard InChI is InChI=1S/C24H21FN4O3/c1-13-18-11-29(12-19(18)23(31)28(13)2)24(32)17-9-14(7-8-20(17)25)10-21-15-5-3-4-6-16(15)22(30)27-26-21/h3-9,18-19H,1,10-12H2,2H3,(H,27,30). The maximum Gasteiger partial charge on any atom is 0.272 e. The van der Waals surface area contributed by atoms with Crippen LogP contribution in [0.25, 0.3) is 10.8 Å². The lowest BCUT2D eigenvalue weighted by atomic mass is 9.98. The fourth-order valence-corrected chi connectivity index (χ4v) is 4.71. The molecule has 162 valence electrons. The fraction of sp³-hybridized carbons (Fsp3) is 0.250. The molecule has 2 aliphatic heterocycles. The molecule has 3 aromatic rings. The Kier molecular flexibility index (Phi) is 4.65. The molecule has 2 saturated heterocycles. The van der Waals surface area contributed by atoms with Gasteiger partial charge in [-0.3, -0.25) is 14.4 Å². The summed E-state index contributed by atoms with van der Waals surface area (Å²) in [6.45, 7) is 4.56. The largest absolute Gasteiger partial charge is 0.337 e. The average molecular weight is 432 g/mol. The summed E-state index contributed by atoms with van der Waals surface area (Å²) in [4.78, 5) is 40.6. The van der Waals surface area contributed by atoms with Crippen molar-refractivity contribution in [2.45, 2.75) is 6.42 Å². The molecule has 2 amide bonds. The average Bonchev–Trinajstić information content (AvgIpc) is 3.32. The summed E-state index contributed by atoms with van der Waals surface area (Å²) in [6.07, 6.45) is 0.323. The predicted molar refractivity (Wildman–Crippen MR) is 116 cm³/mol. The van der Waals surface area contributed by atoms with Gasteiger partial charge in [0, 0.05) is 43.6 Å². The number of aromatic nitrogens is 2. The number of fused-ring (bicyclic) bond motifs is 2. The van der Waals surface area contributed by atoms with Crippen LogP contribution in [0.1, 0.15) is 21.6 Å². The van der Waals surface area contributed by atoms with Crippen LogP contribution in [-0.4, -0.2) is 51.9 Å². The third-order valence-corrected chi connectivity index (χ3v) is 6.52. The lowest BCUT2D eigenvalue weighted by Gasteiger charge is -2.21. The molecule has 8 heteroatoms. The van der Waals surface area contributed by atoms with Crippen molar-refractivity contribution in [2.75, 3.05) is 20.1 Å². The molecule has 2 unspecified atom stereocenters. The number of rotatable bonds is 3. The molecule has 0 aliphatic carbocycles. The van der Waals surface area contributed by atoms with Gasteiger partial charge in [-0.15, -0.1) is 0 Å². The number of amides is 2. The SMILES string of the molecule is C=C1C2CN(C(=O)c3cc(Cc4n[nH]c(=O)c5ccccc45)ccc3F)CC2C(=O)N1C. The minimum absolute atomic E-state index is 0.0392. The first kappa shape index (κ1) is 20.1. The van der Waals surface area contributed by atoms with Gasteiger partial charge in [-0.05, 0) is 23.8 Å². The van der Waals surface area contributed by atoms with Crippen LogP contribution in [0.4, 0.5) is 4.39 Å². The third-order valence-electron chi connectivity index (χ3n) is 6.52. The number of likely N-dealkylation sites (tertiary alicyclic amines) is 2. The van der Waals surface area contributed by atoms with Crippen LogP contribution in [0.15, 0.2) is 59.5 Å². The number of nitrogens with zero attached hydrogens (tertiary/aromatic N) is 3. The molecular formula is C24H21FN4O3. The van der Waals surface area contributed by atoms with Gasteiger partial charge in [-0.1, -0.05) is 30.8 Å². The van der Waals surface area contributed by atoms with Crippen molar-refractivity contribution in [3.63, 3.8) is 0 Å². The Bertz CT molecular complexity index is 1320. The number of carbonyl (C=O) groups is 2.